The summed E-state index contributed by atoms with van der Waals surface area (Å²) >= 11 is 1.72. The van der Waals surface area contributed by atoms with Crippen LogP contribution in [0.15, 0.2) is 17.6 Å². The summed E-state index contributed by atoms with van der Waals surface area (Å²) in [5.74, 6) is 0. The summed E-state index contributed by atoms with van der Waals surface area (Å²) in [4.78, 5) is 4.28. The monoisotopic (exact) mass is 264 g/mol. The third kappa shape index (κ3) is 3.65. The normalized spacial score (nSPS) is 12.8. The summed E-state index contributed by atoms with van der Waals surface area (Å²) in [7, 11) is 0. The number of thiazole rings is 1. The molecule has 2 rings (SSSR count). The van der Waals surface area contributed by atoms with E-state index in [0.717, 1.165) is 25.2 Å². The van der Waals surface area contributed by atoms with E-state index in [1.54, 1.807) is 11.3 Å². The van der Waals surface area contributed by atoms with Gasteiger partial charge >= 0.3 is 0 Å². The van der Waals surface area contributed by atoms with Crippen molar-refractivity contribution < 1.29 is 0 Å². The summed E-state index contributed by atoms with van der Waals surface area (Å²) in [6.45, 7) is 8.20. The van der Waals surface area contributed by atoms with E-state index in [-0.39, 0.29) is 0 Å². The van der Waals surface area contributed by atoms with Gasteiger partial charge in [-0.25, -0.2) is 4.98 Å². The average molecular weight is 264 g/mol. The van der Waals surface area contributed by atoms with Crippen LogP contribution in [0.1, 0.15) is 23.3 Å². The van der Waals surface area contributed by atoms with Crippen molar-refractivity contribution in [2.24, 2.45) is 0 Å². The Morgan fingerprint density at radius 1 is 1.44 bits per heavy atom. The number of nitrogens with zero attached hydrogens (tertiary/aromatic N) is 3. The molecule has 5 heteroatoms. The summed E-state index contributed by atoms with van der Waals surface area (Å²) in [5.41, 5.74) is 2.31. The maximum Gasteiger partial charge on any atom is 0.0937 e. The Labute approximate surface area is 112 Å². The molecule has 1 atom stereocenters. The first-order valence-corrected chi connectivity index (χ1v) is 7.16. The standard InChI is InChI=1S/C13H20N4S/c1-10-8-12(3)17(16-10)9-11(2)14-5-4-13-15-6-7-18-13/h6-8,11,14H,4-5,9H2,1-3H3. The topological polar surface area (TPSA) is 42.7 Å². The van der Waals surface area contributed by atoms with Crippen LogP contribution in [0.5, 0.6) is 0 Å². The second-order valence-corrected chi connectivity index (χ2v) is 5.62. The number of hydrogen-bond donors (Lipinski definition) is 1. The molecule has 18 heavy (non-hydrogen) atoms. The molecule has 0 spiro atoms. The second-order valence-electron chi connectivity index (χ2n) is 4.64. The van der Waals surface area contributed by atoms with Crippen LogP contribution in [0.4, 0.5) is 0 Å². The zero-order valence-corrected chi connectivity index (χ0v) is 12.0. The molecule has 1 N–H and O–H groups in total. The van der Waals surface area contributed by atoms with Crippen LogP contribution in [-0.4, -0.2) is 27.4 Å². The minimum Gasteiger partial charge on any atom is -0.312 e. The predicted molar refractivity (Wildman–Crippen MR) is 75.0 cm³/mol. The minimum absolute atomic E-state index is 0.419. The van der Waals surface area contributed by atoms with Crippen molar-refractivity contribution in [1.29, 1.82) is 0 Å². The Hall–Kier alpha value is -1.20. The summed E-state index contributed by atoms with van der Waals surface area (Å²) in [6.07, 6.45) is 2.86. The number of aryl methyl sites for hydroxylation is 2. The smallest absolute Gasteiger partial charge is 0.0937 e. The lowest BCUT2D eigenvalue weighted by atomic mass is 10.3. The molecule has 0 fully saturated rings. The molecular formula is C13H20N4S. The van der Waals surface area contributed by atoms with E-state index >= 15 is 0 Å². The number of hydrogen-bond acceptors (Lipinski definition) is 4. The van der Waals surface area contributed by atoms with Gasteiger partial charge in [0.15, 0.2) is 0 Å². The van der Waals surface area contributed by atoms with Crippen molar-refractivity contribution in [3.63, 3.8) is 0 Å². The largest absolute Gasteiger partial charge is 0.312 e. The lowest BCUT2D eigenvalue weighted by molar-refractivity contribution is 0.447. The van der Waals surface area contributed by atoms with E-state index in [0.29, 0.717) is 6.04 Å². The van der Waals surface area contributed by atoms with Crippen LogP contribution in [0, 0.1) is 13.8 Å². The van der Waals surface area contributed by atoms with Gasteiger partial charge in [-0.1, -0.05) is 0 Å². The molecule has 2 aromatic heterocycles. The molecule has 2 aromatic rings. The van der Waals surface area contributed by atoms with E-state index in [9.17, 15) is 0 Å². The summed E-state index contributed by atoms with van der Waals surface area (Å²) in [6, 6.07) is 2.53. The highest BCUT2D eigenvalue weighted by atomic mass is 32.1. The van der Waals surface area contributed by atoms with Crippen LogP contribution in [0.2, 0.25) is 0 Å². The summed E-state index contributed by atoms with van der Waals surface area (Å²) < 4.78 is 2.07. The van der Waals surface area contributed by atoms with Crippen LogP contribution >= 0.6 is 11.3 Å². The van der Waals surface area contributed by atoms with Gasteiger partial charge in [0.1, 0.15) is 0 Å². The van der Waals surface area contributed by atoms with E-state index in [1.165, 1.54) is 10.7 Å². The molecule has 0 aromatic carbocycles. The van der Waals surface area contributed by atoms with Crippen molar-refractivity contribution in [2.45, 2.75) is 39.8 Å². The zero-order valence-electron chi connectivity index (χ0n) is 11.2. The Morgan fingerprint density at radius 3 is 2.89 bits per heavy atom. The van der Waals surface area contributed by atoms with Crippen LogP contribution in [0.3, 0.4) is 0 Å². The first-order valence-electron chi connectivity index (χ1n) is 6.28. The molecule has 0 aliphatic carbocycles. The fourth-order valence-corrected chi connectivity index (χ4v) is 2.61. The van der Waals surface area contributed by atoms with Gasteiger partial charge in [0, 0.05) is 36.3 Å². The van der Waals surface area contributed by atoms with Gasteiger partial charge in [-0.3, -0.25) is 4.68 Å². The quantitative estimate of drug-likeness (QED) is 0.869. The molecule has 2 heterocycles. The molecule has 4 nitrogen and oxygen atoms in total. The first-order chi connectivity index (χ1) is 8.65. The third-order valence-corrected chi connectivity index (χ3v) is 3.70. The number of aromatic nitrogens is 3. The third-order valence-electron chi connectivity index (χ3n) is 2.87. The van der Waals surface area contributed by atoms with E-state index < -0.39 is 0 Å². The molecule has 1 unspecified atom stereocenters. The van der Waals surface area contributed by atoms with Gasteiger partial charge in [0.2, 0.25) is 0 Å². The molecule has 0 amide bonds. The highest BCUT2D eigenvalue weighted by molar-refractivity contribution is 7.09. The fraction of sp³-hybridized carbons (Fsp3) is 0.538. The van der Waals surface area contributed by atoms with Crippen LogP contribution in [-0.2, 0) is 13.0 Å². The van der Waals surface area contributed by atoms with Crippen molar-refractivity contribution in [2.75, 3.05) is 6.54 Å². The SMILES string of the molecule is Cc1cc(C)n(CC(C)NCCc2nccs2)n1. The molecular weight excluding hydrogens is 244 g/mol. The summed E-state index contributed by atoms with van der Waals surface area (Å²) in [5, 5.41) is 11.2. The average Bonchev–Trinajstić information content (AvgIpc) is 2.90. The van der Waals surface area contributed by atoms with Crippen molar-refractivity contribution in [3.8, 4) is 0 Å². The molecule has 0 bridgehead atoms. The minimum atomic E-state index is 0.419. The van der Waals surface area contributed by atoms with Gasteiger partial charge in [-0.05, 0) is 26.8 Å². The van der Waals surface area contributed by atoms with E-state index in [4.69, 9.17) is 0 Å². The van der Waals surface area contributed by atoms with E-state index in [2.05, 4.69) is 40.0 Å². The van der Waals surface area contributed by atoms with E-state index in [1.807, 2.05) is 18.5 Å². The second kappa shape index (κ2) is 6.11. The first kappa shape index (κ1) is 13.2. The molecule has 0 aliphatic rings. The van der Waals surface area contributed by atoms with Crippen molar-refractivity contribution >= 4 is 11.3 Å². The molecule has 0 aliphatic heterocycles. The Bertz CT molecular complexity index is 475. The predicted octanol–water partition coefficient (Wildman–Crippen LogP) is 2.18. The van der Waals surface area contributed by atoms with Crippen LogP contribution < -0.4 is 5.32 Å². The van der Waals surface area contributed by atoms with Crippen molar-refractivity contribution in [3.05, 3.63) is 34.0 Å². The van der Waals surface area contributed by atoms with Crippen LogP contribution in [0.25, 0.3) is 0 Å². The lowest BCUT2D eigenvalue weighted by Crippen LogP contribution is -2.32. The highest BCUT2D eigenvalue weighted by Gasteiger charge is 2.06. The molecule has 0 saturated carbocycles. The lowest BCUT2D eigenvalue weighted by Gasteiger charge is -2.14. The highest BCUT2D eigenvalue weighted by Crippen LogP contribution is 2.05. The number of nitrogens with one attached hydrogen (secondary N) is 1. The van der Waals surface area contributed by atoms with Gasteiger partial charge in [0.25, 0.3) is 0 Å². The zero-order chi connectivity index (χ0) is 13.0. The Morgan fingerprint density at radius 2 is 2.28 bits per heavy atom. The molecule has 0 saturated heterocycles. The van der Waals surface area contributed by atoms with Gasteiger partial charge < -0.3 is 5.32 Å². The fourth-order valence-electron chi connectivity index (χ4n) is 1.99. The Balaban J connectivity index is 1.75. The van der Waals surface area contributed by atoms with Gasteiger partial charge in [-0.15, -0.1) is 11.3 Å². The van der Waals surface area contributed by atoms with Gasteiger partial charge in [-0.2, -0.15) is 5.10 Å². The maximum atomic E-state index is 4.47. The Kier molecular flexibility index (Phi) is 4.49. The molecule has 98 valence electrons. The van der Waals surface area contributed by atoms with Crippen molar-refractivity contribution in [1.82, 2.24) is 20.1 Å². The number of rotatable bonds is 6. The molecule has 0 radical (unpaired) electrons. The van der Waals surface area contributed by atoms with Gasteiger partial charge in [0.05, 0.1) is 17.2 Å². The maximum absolute atomic E-state index is 4.47.